The van der Waals surface area contributed by atoms with Gasteiger partial charge in [-0.05, 0) is 29.7 Å². The topological polar surface area (TPSA) is 59.0 Å². The third-order valence-electron chi connectivity index (χ3n) is 4.33. The van der Waals surface area contributed by atoms with Crippen LogP contribution in [0.5, 0.6) is 0 Å². The zero-order chi connectivity index (χ0) is 16.2. The molecule has 1 aliphatic heterocycles. The minimum Gasteiger partial charge on any atom is -0.355 e. The fourth-order valence-electron chi connectivity index (χ4n) is 3.05. The lowest BCUT2D eigenvalue weighted by molar-refractivity contribution is -0.124. The number of halogens is 2. The van der Waals surface area contributed by atoms with Crippen LogP contribution in [0.3, 0.4) is 0 Å². The Morgan fingerprint density at radius 1 is 1.38 bits per heavy atom. The summed E-state index contributed by atoms with van der Waals surface area (Å²) in [5.41, 5.74) is 2.29. The minimum atomic E-state index is -0.0376. The Labute approximate surface area is 153 Å². The Balaban J connectivity index is 0.00000208. The van der Waals surface area contributed by atoms with Crippen molar-refractivity contribution < 1.29 is 4.79 Å². The number of nitrogens with zero attached hydrogens (tertiary/aromatic N) is 2. The minimum absolute atomic E-state index is 0. The molecular weight excluding hydrogens is 347 g/mol. The highest BCUT2D eigenvalue weighted by Gasteiger charge is 2.34. The summed E-state index contributed by atoms with van der Waals surface area (Å²) in [6.45, 7) is 2.17. The number of rotatable bonds is 5. The van der Waals surface area contributed by atoms with Crippen molar-refractivity contribution in [3.8, 4) is 0 Å². The van der Waals surface area contributed by atoms with E-state index in [4.69, 9.17) is 11.6 Å². The Morgan fingerprint density at radius 2 is 2.12 bits per heavy atom. The molecule has 24 heavy (non-hydrogen) atoms. The summed E-state index contributed by atoms with van der Waals surface area (Å²) in [4.78, 5) is 12.5. The second-order valence-corrected chi connectivity index (χ2v) is 6.42. The van der Waals surface area contributed by atoms with E-state index in [0.717, 1.165) is 23.6 Å². The highest BCUT2D eigenvalue weighted by molar-refractivity contribution is 6.30. The van der Waals surface area contributed by atoms with Gasteiger partial charge in [0.2, 0.25) is 5.91 Å². The highest BCUT2D eigenvalue weighted by Crippen LogP contribution is 2.27. The smallest absolute Gasteiger partial charge is 0.225 e. The van der Waals surface area contributed by atoms with E-state index in [2.05, 4.69) is 15.7 Å². The Bertz CT molecular complexity index is 671. The summed E-state index contributed by atoms with van der Waals surface area (Å²) in [5.74, 6) is 0.265. The number of hydrogen-bond donors (Lipinski definition) is 2. The van der Waals surface area contributed by atoms with Crippen LogP contribution in [0.25, 0.3) is 0 Å². The fourth-order valence-corrected chi connectivity index (χ4v) is 3.17. The van der Waals surface area contributed by atoms with Gasteiger partial charge in [0.25, 0.3) is 0 Å². The first-order chi connectivity index (χ1) is 11.1. The lowest BCUT2D eigenvalue weighted by atomic mass is 9.90. The highest BCUT2D eigenvalue weighted by atomic mass is 35.5. The lowest BCUT2D eigenvalue weighted by Crippen LogP contribution is -2.35. The SMILES string of the molecule is Cl.Cn1cc([C@H]2CNC[C@@H]2C(=O)NCCc2ccc(Cl)cc2)cn1. The van der Waals surface area contributed by atoms with Gasteiger partial charge < -0.3 is 10.6 Å². The molecular formula is C17H22Cl2N4O. The summed E-state index contributed by atoms with van der Waals surface area (Å²) in [5, 5.41) is 11.3. The number of hydrogen-bond acceptors (Lipinski definition) is 3. The molecule has 1 fully saturated rings. The van der Waals surface area contributed by atoms with Crippen LogP contribution in [0.1, 0.15) is 17.0 Å². The number of nitrogens with one attached hydrogen (secondary N) is 2. The van der Waals surface area contributed by atoms with E-state index < -0.39 is 0 Å². The predicted molar refractivity (Wildman–Crippen MR) is 97.7 cm³/mol. The molecule has 2 atom stereocenters. The first kappa shape index (κ1) is 18.8. The van der Waals surface area contributed by atoms with Crippen LogP contribution in [-0.2, 0) is 18.3 Å². The molecule has 2 heterocycles. The number of aryl methyl sites for hydroxylation is 1. The van der Waals surface area contributed by atoms with E-state index in [-0.39, 0.29) is 30.2 Å². The first-order valence-corrected chi connectivity index (χ1v) is 8.22. The first-order valence-electron chi connectivity index (χ1n) is 7.85. The van der Waals surface area contributed by atoms with Gasteiger partial charge in [-0.1, -0.05) is 23.7 Å². The maximum absolute atomic E-state index is 12.5. The molecule has 0 bridgehead atoms. The van der Waals surface area contributed by atoms with Crippen LogP contribution >= 0.6 is 24.0 Å². The molecule has 2 aromatic rings. The molecule has 0 unspecified atom stereocenters. The zero-order valence-electron chi connectivity index (χ0n) is 13.5. The van der Waals surface area contributed by atoms with E-state index in [1.54, 1.807) is 4.68 Å². The van der Waals surface area contributed by atoms with Gasteiger partial charge in [-0.15, -0.1) is 12.4 Å². The summed E-state index contributed by atoms with van der Waals surface area (Å²) in [6.07, 6.45) is 4.65. The monoisotopic (exact) mass is 368 g/mol. The average molecular weight is 369 g/mol. The average Bonchev–Trinajstić information content (AvgIpc) is 3.17. The maximum Gasteiger partial charge on any atom is 0.225 e. The van der Waals surface area contributed by atoms with Crippen LogP contribution in [0.4, 0.5) is 0 Å². The Morgan fingerprint density at radius 3 is 2.79 bits per heavy atom. The van der Waals surface area contributed by atoms with E-state index in [0.29, 0.717) is 13.1 Å². The van der Waals surface area contributed by atoms with Gasteiger partial charge in [-0.3, -0.25) is 9.48 Å². The predicted octanol–water partition coefficient (Wildman–Crippen LogP) is 2.16. The van der Waals surface area contributed by atoms with Gasteiger partial charge in [0.1, 0.15) is 0 Å². The van der Waals surface area contributed by atoms with Gasteiger partial charge in [-0.2, -0.15) is 5.10 Å². The molecule has 1 aliphatic rings. The summed E-state index contributed by atoms with van der Waals surface area (Å²) >= 11 is 5.87. The van der Waals surface area contributed by atoms with Crippen molar-refractivity contribution in [2.45, 2.75) is 12.3 Å². The fraction of sp³-hybridized carbons (Fsp3) is 0.412. The summed E-state index contributed by atoms with van der Waals surface area (Å²) < 4.78 is 1.78. The van der Waals surface area contributed by atoms with Gasteiger partial charge in [0.05, 0.1) is 12.1 Å². The van der Waals surface area contributed by atoms with Gasteiger partial charge in [0, 0.05) is 43.8 Å². The number of carbonyl (C=O) groups is 1. The van der Waals surface area contributed by atoms with Gasteiger partial charge in [-0.25, -0.2) is 0 Å². The Kier molecular flexibility index (Phi) is 6.66. The molecule has 1 aromatic carbocycles. The molecule has 0 saturated carbocycles. The van der Waals surface area contributed by atoms with Crippen molar-refractivity contribution in [1.82, 2.24) is 20.4 Å². The van der Waals surface area contributed by atoms with Crippen molar-refractivity contribution in [3.63, 3.8) is 0 Å². The Hall–Kier alpha value is -1.56. The molecule has 7 heteroatoms. The van der Waals surface area contributed by atoms with Crippen molar-refractivity contribution in [2.24, 2.45) is 13.0 Å². The molecule has 1 aromatic heterocycles. The van der Waals surface area contributed by atoms with Gasteiger partial charge >= 0.3 is 0 Å². The van der Waals surface area contributed by atoms with E-state index in [1.165, 1.54) is 5.56 Å². The molecule has 5 nitrogen and oxygen atoms in total. The third kappa shape index (κ3) is 4.50. The van der Waals surface area contributed by atoms with Crippen LogP contribution in [0.15, 0.2) is 36.7 Å². The number of amides is 1. The van der Waals surface area contributed by atoms with Gasteiger partial charge in [0.15, 0.2) is 0 Å². The molecule has 0 spiro atoms. The maximum atomic E-state index is 12.5. The second-order valence-electron chi connectivity index (χ2n) is 5.99. The van der Waals surface area contributed by atoms with Crippen LogP contribution in [0.2, 0.25) is 5.02 Å². The molecule has 1 saturated heterocycles. The zero-order valence-corrected chi connectivity index (χ0v) is 15.1. The second kappa shape index (κ2) is 8.51. The van der Waals surface area contributed by atoms with Crippen molar-refractivity contribution in [1.29, 1.82) is 0 Å². The molecule has 1 amide bonds. The third-order valence-corrected chi connectivity index (χ3v) is 4.58. The number of carbonyl (C=O) groups excluding carboxylic acids is 1. The van der Waals surface area contributed by atoms with Crippen LogP contribution in [0, 0.1) is 5.92 Å². The summed E-state index contributed by atoms with van der Waals surface area (Å²) in [6, 6.07) is 7.73. The van der Waals surface area contributed by atoms with Crippen LogP contribution < -0.4 is 10.6 Å². The largest absolute Gasteiger partial charge is 0.355 e. The quantitative estimate of drug-likeness (QED) is 0.849. The number of aromatic nitrogens is 2. The van der Waals surface area contributed by atoms with Crippen LogP contribution in [-0.4, -0.2) is 35.3 Å². The molecule has 0 aliphatic carbocycles. The standard InChI is InChI=1S/C17H21ClN4O.ClH/c1-22-11-13(8-21-22)15-9-19-10-16(15)17(23)20-7-6-12-2-4-14(18)5-3-12;/h2-5,8,11,15-16,19H,6-7,9-10H2,1H3,(H,20,23);1H/t15-,16+;/m1./s1. The van der Waals surface area contributed by atoms with E-state index in [9.17, 15) is 4.79 Å². The van der Waals surface area contributed by atoms with Crippen molar-refractivity contribution in [3.05, 3.63) is 52.8 Å². The molecule has 2 N–H and O–H groups in total. The van der Waals surface area contributed by atoms with Crippen molar-refractivity contribution >= 4 is 29.9 Å². The molecule has 3 rings (SSSR count). The molecule has 130 valence electrons. The summed E-state index contributed by atoms with van der Waals surface area (Å²) in [7, 11) is 1.90. The lowest BCUT2D eigenvalue weighted by Gasteiger charge is -2.17. The normalized spacial score (nSPS) is 19.8. The number of benzene rings is 1. The molecule has 0 radical (unpaired) electrons. The van der Waals surface area contributed by atoms with E-state index >= 15 is 0 Å². The van der Waals surface area contributed by atoms with Crippen molar-refractivity contribution in [2.75, 3.05) is 19.6 Å². The van der Waals surface area contributed by atoms with E-state index in [1.807, 2.05) is 43.7 Å².